The van der Waals surface area contributed by atoms with Gasteiger partial charge in [-0.2, -0.15) is 0 Å². The summed E-state index contributed by atoms with van der Waals surface area (Å²) in [5.41, 5.74) is 1.05. The Bertz CT molecular complexity index is 477. The second kappa shape index (κ2) is 7.07. The first kappa shape index (κ1) is 16.7. The molecule has 1 aromatic heterocycles. The van der Waals surface area contributed by atoms with Gasteiger partial charge in [0.25, 0.3) is 0 Å². The van der Waals surface area contributed by atoms with Crippen molar-refractivity contribution in [1.82, 2.24) is 10.3 Å². The van der Waals surface area contributed by atoms with Gasteiger partial charge >= 0.3 is 0 Å². The molecule has 1 aromatic rings. The second-order valence-electron chi connectivity index (χ2n) is 6.33. The number of anilines is 1. The summed E-state index contributed by atoms with van der Waals surface area (Å²) in [7, 11) is 0. The van der Waals surface area contributed by atoms with Gasteiger partial charge in [0.2, 0.25) is 5.91 Å². The Hall–Kier alpha value is -0.650. The molecular weight excluding hydrogens is 306 g/mol. The number of halogens is 1. The maximum Gasteiger partial charge on any atom is 0.243 e. The lowest BCUT2D eigenvalue weighted by Gasteiger charge is -2.24. The molecule has 0 radical (unpaired) electrons. The highest BCUT2D eigenvalue weighted by molar-refractivity contribution is 7.13. The van der Waals surface area contributed by atoms with Gasteiger partial charge in [-0.1, -0.05) is 26.7 Å². The number of aromatic nitrogens is 1. The van der Waals surface area contributed by atoms with Crippen molar-refractivity contribution in [2.75, 3.05) is 5.32 Å². The van der Waals surface area contributed by atoms with E-state index >= 15 is 0 Å². The molecule has 2 aliphatic rings. The first-order valence-corrected chi connectivity index (χ1v) is 8.54. The zero-order valence-corrected chi connectivity index (χ0v) is 14.2. The molecule has 2 N–H and O–H groups in total. The third-order valence-corrected chi connectivity index (χ3v) is 5.30. The van der Waals surface area contributed by atoms with Crippen molar-refractivity contribution in [1.29, 1.82) is 0 Å². The van der Waals surface area contributed by atoms with E-state index in [0.29, 0.717) is 17.9 Å². The molecular formula is C15H24ClN3OS. The summed E-state index contributed by atoms with van der Waals surface area (Å²) in [5.74, 6) is 1.19. The van der Waals surface area contributed by atoms with Crippen molar-refractivity contribution in [2.24, 2.45) is 5.92 Å². The number of amides is 1. The van der Waals surface area contributed by atoms with E-state index in [0.717, 1.165) is 17.2 Å². The zero-order valence-electron chi connectivity index (χ0n) is 12.6. The Morgan fingerprint density at radius 1 is 1.43 bits per heavy atom. The molecule has 1 aliphatic carbocycles. The molecule has 4 nitrogen and oxygen atoms in total. The van der Waals surface area contributed by atoms with Crippen molar-refractivity contribution >= 4 is 34.8 Å². The smallest absolute Gasteiger partial charge is 0.243 e. The van der Waals surface area contributed by atoms with Gasteiger partial charge in [-0.3, -0.25) is 4.79 Å². The van der Waals surface area contributed by atoms with E-state index < -0.39 is 0 Å². The molecule has 1 saturated carbocycles. The fourth-order valence-electron chi connectivity index (χ4n) is 3.32. The van der Waals surface area contributed by atoms with Crippen LogP contribution in [-0.2, 0) is 4.79 Å². The van der Waals surface area contributed by atoms with Crippen LogP contribution >= 0.6 is 23.7 Å². The molecule has 118 valence electrons. The molecule has 3 atom stereocenters. The third-order valence-electron chi connectivity index (χ3n) is 4.52. The Balaban J connectivity index is 0.00000161. The van der Waals surface area contributed by atoms with Crippen LogP contribution in [0.25, 0.3) is 0 Å². The summed E-state index contributed by atoms with van der Waals surface area (Å²) in [4.78, 5) is 16.8. The van der Waals surface area contributed by atoms with Crippen LogP contribution in [0.5, 0.6) is 0 Å². The molecule has 2 heterocycles. The van der Waals surface area contributed by atoms with Crippen LogP contribution < -0.4 is 10.6 Å². The topological polar surface area (TPSA) is 54.0 Å². The van der Waals surface area contributed by atoms with E-state index in [4.69, 9.17) is 0 Å². The molecule has 0 spiro atoms. The van der Waals surface area contributed by atoms with Crippen LogP contribution in [-0.4, -0.2) is 23.0 Å². The summed E-state index contributed by atoms with van der Waals surface area (Å²) >= 11 is 1.52. The molecule has 2 fully saturated rings. The van der Waals surface area contributed by atoms with E-state index in [1.165, 1.54) is 37.0 Å². The standard InChI is InChI=1S/C15H23N3OS.ClH/c1-9(2)13-8-20-15(17-13)18-14(19)12-7-10-5-3-4-6-11(10)16-12;/h8-12,16H,3-7H2,1-2H3,(H,17,18,19);1H. The zero-order chi connectivity index (χ0) is 14.1. The molecule has 1 amide bonds. The first-order valence-electron chi connectivity index (χ1n) is 7.66. The second-order valence-corrected chi connectivity index (χ2v) is 7.19. The number of hydrogen-bond donors (Lipinski definition) is 2. The van der Waals surface area contributed by atoms with Crippen LogP contribution in [0.3, 0.4) is 0 Å². The SMILES string of the molecule is CC(C)c1csc(NC(=O)C2CC3CCCCC3N2)n1.Cl. The Kier molecular flexibility index (Phi) is 5.63. The van der Waals surface area contributed by atoms with Crippen molar-refractivity contribution in [3.63, 3.8) is 0 Å². The average Bonchev–Trinajstić information content (AvgIpc) is 3.04. The fraction of sp³-hybridized carbons (Fsp3) is 0.733. The van der Waals surface area contributed by atoms with E-state index in [-0.39, 0.29) is 24.4 Å². The van der Waals surface area contributed by atoms with Crippen LogP contribution in [0.4, 0.5) is 5.13 Å². The number of hydrogen-bond acceptors (Lipinski definition) is 4. The highest BCUT2D eigenvalue weighted by Gasteiger charge is 2.38. The van der Waals surface area contributed by atoms with Crippen molar-refractivity contribution in [2.45, 2.75) is 64.0 Å². The van der Waals surface area contributed by atoms with E-state index in [1.54, 1.807) is 0 Å². The lowest BCUT2D eigenvalue weighted by molar-refractivity contribution is -0.117. The predicted molar refractivity (Wildman–Crippen MR) is 89.4 cm³/mol. The number of nitrogens with zero attached hydrogens (tertiary/aromatic N) is 1. The number of rotatable bonds is 3. The van der Waals surface area contributed by atoms with Gasteiger partial charge in [0.1, 0.15) is 0 Å². The maximum atomic E-state index is 12.3. The fourth-order valence-corrected chi connectivity index (χ4v) is 4.20. The van der Waals surface area contributed by atoms with Crippen molar-refractivity contribution in [3.05, 3.63) is 11.1 Å². The van der Waals surface area contributed by atoms with Crippen molar-refractivity contribution in [3.8, 4) is 0 Å². The monoisotopic (exact) mass is 329 g/mol. The maximum absolute atomic E-state index is 12.3. The predicted octanol–water partition coefficient (Wildman–Crippen LogP) is 3.55. The summed E-state index contributed by atoms with van der Waals surface area (Å²) < 4.78 is 0. The summed E-state index contributed by atoms with van der Waals surface area (Å²) in [6.07, 6.45) is 6.10. The summed E-state index contributed by atoms with van der Waals surface area (Å²) in [6.45, 7) is 4.23. The molecule has 3 rings (SSSR count). The Morgan fingerprint density at radius 3 is 2.86 bits per heavy atom. The van der Waals surface area contributed by atoms with Gasteiger partial charge in [0.05, 0.1) is 11.7 Å². The van der Waals surface area contributed by atoms with Gasteiger partial charge in [-0.25, -0.2) is 4.98 Å². The first-order chi connectivity index (χ1) is 9.63. The largest absolute Gasteiger partial charge is 0.303 e. The Morgan fingerprint density at radius 2 is 2.19 bits per heavy atom. The van der Waals surface area contributed by atoms with Gasteiger partial charge in [0, 0.05) is 11.4 Å². The molecule has 1 aliphatic heterocycles. The lowest BCUT2D eigenvalue weighted by Crippen LogP contribution is -2.39. The number of carbonyl (C=O) groups is 1. The van der Waals surface area contributed by atoms with Crippen molar-refractivity contribution < 1.29 is 4.79 Å². The number of nitrogens with one attached hydrogen (secondary N) is 2. The van der Waals surface area contributed by atoms with E-state index in [9.17, 15) is 4.79 Å². The molecule has 0 bridgehead atoms. The van der Waals surface area contributed by atoms with Crippen LogP contribution in [0.2, 0.25) is 0 Å². The number of carbonyl (C=O) groups excluding carboxylic acids is 1. The highest BCUT2D eigenvalue weighted by Crippen LogP contribution is 2.33. The van der Waals surface area contributed by atoms with Gasteiger partial charge in [-0.15, -0.1) is 23.7 Å². The minimum absolute atomic E-state index is 0. The molecule has 21 heavy (non-hydrogen) atoms. The Labute approximate surface area is 136 Å². The van der Waals surface area contributed by atoms with Gasteiger partial charge in [-0.05, 0) is 31.1 Å². The quantitative estimate of drug-likeness (QED) is 0.891. The minimum atomic E-state index is -0.0329. The molecule has 6 heteroatoms. The van der Waals surface area contributed by atoms with Gasteiger partial charge in [0.15, 0.2) is 5.13 Å². The normalized spacial score (nSPS) is 28.0. The summed E-state index contributed by atoms with van der Waals surface area (Å²) in [6, 6.07) is 0.525. The van der Waals surface area contributed by atoms with Gasteiger partial charge < -0.3 is 10.6 Å². The minimum Gasteiger partial charge on any atom is -0.303 e. The van der Waals surface area contributed by atoms with E-state index in [2.05, 4.69) is 29.5 Å². The van der Waals surface area contributed by atoms with E-state index in [1.807, 2.05) is 5.38 Å². The number of fused-ring (bicyclic) bond motifs is 1. The highest BCUT2D eigenvalue weighted by atomic mass is 35.5. The summed E-state index contributed by atoms with van der Waals surface area (Å²) in [5, 5.41) is 9.24. The number of thiazole rings is 1. The molecule has 1 saturated heterocycles. The molecule has 3 unspecified atom stereocenters. The van der Waals surface area contributed by atoms with Crippen LogP contribution in [0.15, 0.2) is 5.38 Å². The van der Waals surface area contributed by atoms with Crippen LogP contribution in [0, 0.1) is 5.92 Å². The lowest BCUT2D eigenvalue weighted by atomic mass is 9.85. The average molecular weight is 330 g/mol. The molecule has 0 aromatic carbocycles. The van der Waals surface area contributed by atoms with Crippen LogP contribution in [0.1, 0.15) is 57.6 Å². The third kappa shape index (κ3) is 3.76.